The summed E-state index contributed by atoms with van der Waals surface area (Å²) in [5.74, 6) is 0. The van der Waals surface area contributed by atoms with Crippen LogP contribution in [0.15, 0.2) is 58.3 Å². The van der Waals surface area contributed by atoms with E-state index in [1.165, 1.54) is 11.8 Å². The van der Waals surface area contributed by atoms with Crippen LogP contribution in [-0.2, 0) is 0 Å². The molecule has 1 atom stereocenters. The predicted octanol–water partition coefficient (Wildman–Crippen LogP) is 5.39. The molecule has 7 heteroatoms. The molecule has 0 spiro atoms. The number of halogens is 4. The molecule has 2 nitrogen and oxygen atoms in total. The fourth-order valence-corrected chi connectivity index (χ4v) is 4.25. The molecule has 0 unspecified atom stereocenters. The lowest BCUT2D eigenvalue weighted by atomic mass is 10.0. The highest BCUT2D eigenvalue weighted by atomic mass is 35.5. The van der Waals surface area contributed by atoms with Crippen molar-refractivity contribution in [3.63, 3.8) is 0 Å². The summed E-state index contributed by atoms with van der Waals surface area (Å²) in [5, 5.41) is 3.84. The largest absolute Gasteiger partial charge is 0.390 e. The number of piperazine rings is 1. The zero-order valence-corrected chi connectivity index (χ0v) is 15.7. The molecule has 140 valence electrons. The van der Waals surface area contributed by atoms with E-state index in [-0.39, 0.29) is 0 Å². The maximum Gasteiger partial charge on any atom is 0.390 e. The van der Waals surface area contributed by atoms with Crippen molar-refractivity contribution < 1.29 is 13.2 Å². The van der Waals surface area contributed by atoms with Crippen LogP contribution in [0.25, 0.3) is 0 Å². The summed E-state index contributed by atoms with van der Waals surface area (Å²) in [6, 6.07) is 14.0. The molecule has 1 fully saturated rings. The summed E-state index contributed by atoms with van der Waals surface area (Å²) in [6.45, 7) is 2.64. The van der Waals surface area contributed by atoms with Gasteiger partial charge in [-0.05, 0) is 35.9 Å². The molecule has 1 aliphatic heterocycles. The Kier molecular flexibility index (Phi) is 6.51. The van der Waals surface area contributed by atoms with Crippen LogP contribution in [0.5, 0.6) is 0 Å². The van der Waals surface area contributed by atoms with Gasteiger partial charge in [0.15, 0.2) is 0 Å². The molecule has 0 aliphatic carbocycles. The van der Waals surface area contributed by atoms with Crippen LogP contribution in [-0.4, -0.2) is 37.3 Å². The molecule has 2 aromatic rings. The SMILES string of the molecule is FC(F)(F)C[C@@H](c1ccccc1Sc1ccc(Cl)cc1)N1CCNCC1. The van der Waals surface area contributed by atoms with Gasteiger partial charge in [-0.3, -0.25) is 4.90 Å². The smallest absolute Gasteiger partial charge is 0.314 e. The van der Waals surface area contributed by atoms with E-state index in [1.807, 2.05) is 41.3 Å². The zero-order valence-electron chi connectivity index (χ0n) is 14.1. The van der Waals surface area contributed by atoms with Crippen LogP contribution in [0, 0.1) is 0 Å². The van der Waals surface area contributed by atoms with E-state index in [4.69, 9.17) is 11.6 Å². The Morgan fingerprint density at radius 3 is 2.35 bits per heavy atom. The Bertz CT molecular complexity index is 715. The molecule has 1 N–H and O–H groups in total. The normalized spacial score (nSPS) is 17.2. The third-order valence-electron chi connectivity index (χ3n) is 4.34. The molecule has 3 rings (SSSR count). The molecule has 0 amide bonds. The van der Waals surface area contributed by atoms with Gasteiger partial charge in [-0.15, -0.1) is 0 Å². The summed E-state index contributed by atoms with van der Waals surface area (Å²) in [5.41, 5.74) is 0.728. The Hall–Kier alpha value is -1.21. The average Bonchev–Trinajstić information content (AvgIpc) is 2.62. The van der Waals surface area contributed by atoms with Crippen molar-refractivity contribution in [1.29, 1.82) is 0 Å². The van der Waals surface area contributed by atoms with E-state index in [0.29, 0.717) is 31.2 Å². The maximum atomic E-state index is 13.3. The first-order valence-electron chi connectivity index (χ1n) is 8.46. The lowest BCUT2D eigenvalue weighted by Crippen LogP contribution is -2.46. The van der Waals surface area contributed by atoms with Crippen LogP contribution in [0.2, 0.25) is 5.02 Å². The molecule has 26 heavy (non-hydrogen) atoms. The van der Waals surface area contributed by atoms with E-state index in [0.717, 1.165) is 15.4 Å². The van der Waals surface area contributed by atoms with E-state index in [2.05, 4.69) is 5.32 Å². The number of rotatable bonds is 5. The van der Waals surface area contributed by atoms with Gasteiger partial charge in [0.1, 0.15) is 0 Å². The lowest BCUT2D eigenvalue weighted by Gasteiger charge is -2.36. The summed E-state index contributed by atoms with van der Waals surface area (Å²) in [7, 11) is 0. The van der Waals surface area contributed by atoms with Crippen molar-refractivity contribution in [2.75, 3.05) is 26.2 Å². The molecule has 1 heterocycles. The molecule has 0 bridgehead atoms. The Balaban J connectivity index is 1.91. The summed E-state index contributed by atoms with van der Waals surface area (Å²) >= 11 is 7.40. The van der Waals surface area contributed by atoms with Crippen molar-refractivity contribution in [2.24, 2.45) is 0 Å². The highest BCUT2D eigenvalue weighted by Crippen LogP contribution is 2.40. The third-order valence-corrected chi connectivity index (χ3v) is 5.69. The van der Waals surface area contributed by atoms with E-state index >= 15 is 0 Å². The minimum absolute atomic E-state index is 0.612. The van der Waals surface area contributed by atoms with Crippen LogP contribution < -0.4 is 5.32 Å². The molecule has 1 saturated heterocycles. The van der Waals surface area contributed by atoms with Crippen molar-refractivity contribution >= 4 is 23.4 Å². The molecule has 0 saturated carbocycles. The maximum absolute atomic E-state index is 13.3. The summed E-state index contributed by atoms with van der Waals surface area (Å²) in [6.07, 6.45) is -5.06. The van der Waals surface area contributed by atoms with Gasteiger partial charge in [0.05, 0.1) is 6.42 Å². The molecule has 0 aromatic heterocycles. The quantitative estimate of drug-likeness (QED) is 0.724. The third kappa shape index (κ3) is 5.39. The molecular formula is C19H20ClF3N2S. The highest BCUT2D eigenvalue weighted by Gasteiger charge is 2.36. The number of benzene rings is 2. The lowest BCUT2D eigenvalue weighted by molar-refractivity contribution is -0.149. The number of nitrogens with zero attached hydrogens (tertiary/aromatic N) is 1. The van der Waals surface area contributed by atoms with Gasteiger partial charge in [-0.1, -0.05) is 41.6 Å². The van der Waals surface area contributed by atoms with Crippen LogP contribution in [0.3, 0.4) is 0 Å². The standard InChI is InChI=1S/C19H20ClF3N2S/c20-14-5-7-15(8-6-14)26-18-4-2-1-3-16(18)17(13-19(21,22)23)25-11-9-24-10-12-25/h1-8,17,24H,9-13H2/t17-/m0/s1. The minimum Gasteiger partial charge on any atom is -0.314 e. The predicted molar refractivity (Wildman–Crippen MR) is 99.9 cm³/mol. The molecular weight excluding hydrogens is 381 g/mol. The van der Waals surface area contributed by atoms with Gasteiger partial charge in [0.2, 0.25) is 0 Å². The first-order chi connectivity index (χ1) is 12.4. The van der Waals surface area contributed by atoms with Crippen molar-refractivity contribution in [1.82, 2.24) is 10.2 Å². The van der Waals surface area contributed by atoms with Gasteiger partial charge < -0.3 is 5.32 Å². The van der Waals surface area contributed by atoms with E-state index in [9.17, 15) is 13.2 Å². The minimum atomic E-state index is -4.21. The summed E-state index contributed by atoms with van der Waals surface area (Å²) in [4.78, 5) is 3.74. The summed E-state index contributed by atoms with van der Waals surface area (Å²) < 4.78 is 39.9. The molecule has 1 aliphatic rings. The van der Waals surface area contributed by atoms with Crippen molar-refractivity contribution in [2.45, 2.75) is 28.4 Å². The van der Waals surface area contributed by atoms with Crippen LogP contribution in [0.1, 0.15) is 18.0 Å². The van der Waals surface area contributed by atoms with E-state index < -0.39 is 18.6 Å². The van der Waals surface area contributed by atoms with Crippen molar-refractivity contribution in [3.8, 4) is 0 Å². The second-order valence-corrected chi connectivity index (χ2v) is 7.77. The second kappa shape index (κ2) is 8.65. The topological polar surface area (TPSA) is 15.3 Å². The Labute approximate surface area is 160 Å². The zero-order chi connectivity index (χ0) is 18.6. The van der Waals surface area contributed by atoms with E-state index in [1.54, 1.807) is 12.1 Å². The molecule has 2 aromatic carbocycles. The van der Waals surface area contributed by atoms with Crippen LogP contribution >= 0.6 is 23.4 Å². The van der Waals surface area contributed by atoms with Gasteiger partial charge >= 0.3 is 6.18 Å². The van der Waals surface area contributed by atoms with Gasteiger partial charge in [0, 0.05) is 47.0 Å². The van der Waals surface area contributed by atoms with Gasteiger partial charge in [-0.2, -0.15) is 13.2 Å². The Morgan fingerprint density at radius 2 is 1.69 bits per heavy atom. The Morgan fingerprint density at radius 1 is 1.04 bits per heavy atom. The second-order valence-electron chi connectivity index (χ2n) is 6.21. The molecule has 0 radical (unpaired) electrons. The fraction of sp³-hybridized carbons (Fsp3) is 0.368. The van der Waals surface area contributed by atoms with Gasteiger partial charge in [0.25, 0.3) is 0 Å². The van der Waals surface area contributed by atoms with Crippen molar-refractivity contribution in [3.05, 3.63) is 59.1 Å². The monoisotopic (exact) mass is 400 g/mol. The number of hydrogen-bond donors (Lipinski definition) is 1. The first kappa shape index (κ1) is 19.5. The number of nitrogens with one attached hydrogen (secondary N) is 1. The average molecular weight is 401 g/mol. The first-order valence-corrected chi connectivity index (χ1v) is 9.66. The fourth-order valence-electron chi connectivity index (χ4n) is 3.13. The highest BCUT2D eigenvalue weighted by molar-refractivity contribution is 7.99. The number of alkyl halides is 3. The van der Waals surface area contributed by atoms with Crippen LogP contribution in [0.4, 0.5) is 13.2 Å². The van der Waals surface area contributed by atoms with Gasteiger partial charge in [-0.25, -0.2) is 0 Å². The number of hydrogen-bond acceptors (Lipinski definition) is 3.